The standard InChI is InChI=1S/C22H26N6O2S/c1-4-28-20(19(15(2)3)25-21(30)16-10-6-5-7-11-16)26-27-22(28)31-14-18(29)24-17-12-8-9-13-23-17/h5-13,15,19H,4,14H2,1-3H3,(H,25,30)(H,23,24,29)/t19-/m1/s1. The Bertz CT molecular complexity index is 1010. The maximum absolute atomic E-state index is 12.7. The van der Waals surface area contributed by atoms with Crippen molar-refractivity contribution in [1.82, 2.24) is 25.1 Å². The van der Waals surface area contributed by atoms with E-state index in [2.05, 4.69) is 25.8 Å². The number of hydrogen-bond acceptors (Lipinski definition) is 6. The fourth-order valence-electron chi connectivity index (χ4n) is 3.02. The van der Waals surface area contributed by atoms with E-state index in [0.29, 0.717) is 28.9 Å². The SMILES string of the molecule is CCn1c(SCC(=O)Nc2ccccn2)nnc1[C@H](NC(=O)c1ccccc1)C(C)C. The molecule has 3 aromatic rings. The summed E-state index contributed by atoms with van der Waals surface area (Å²) in [6, 6.07) is 14.1. The lowest BCUT2D eigenvalue weighted by Crippen LogP contribution is -2.33. The second kappa shape index (κ2) is 10.7. The fraction of sp³-hybridized carbons (Fsp3) is 0.318. The van der Waals surface area contributed by atoms with Crippen LogP contribution in [-0.4, -0.2) is 37.3 Å². The number of anilines is 1. The fourth-order valence-corrected chi connectivity index (χ4v) is 3.83. The van der Waals surface area contributed by atoms with Crippen LogP contribution in [0.15, 0.2) is 59.9 Å². The summed E-state index contributed by atoms with van der Waals surface area (Å²) in [6.07, 6.45) is 1.62. The van der Waals surface area contributed by atoms with Crippen molar-refractivity contribution < 1.29 is 9.59 Å². The van der Waals surface area contributed by atoms with Crippen LogP contribution in [0, 0.1) is 5.92 Å². The van der Waals surface area contributed by atoms with E-state index in [9.17, 15) is 9.59 Å². The molecule has 0 saturated heterocycles. The molecule has 1 atom stereocenters. The Morgan fingerprint density at radius 1 is 1.06 bits per heavy atom. The average molecular weight is 439 g/mol. The van der Waals surface area contributed by atoms with Crippen LogP contribution in [0.25, 0.3) is 0 Å². The van der Waals surface area contributed by atoms with Gasteiger partial charge in [0.25, 0.3) is 5.91 Å². The summed E-state index contributed by atoms with van der Waals surface area (Å²) >= 11 is 1.30. The second-order valence-corrected chi connectivity index (χ2v) is 8.14. The molecule has 2 aromatic heterocycles. The normalized spacial score (nSPS) is 11.9. The number of amides is 2. The van der Waals surface area contributed by atoms with Crippen molar-refractivity contribution in [2.24, 2.45) is 5.92 Å². The first-order chi connectivity index (χ1) is 15.0. The minimum atomic E-state index is -0.308. The van der Waals surface area contributed by atoms with Gasteiger partial charge in [-0.2, -0.15) is 0 Å². The molecule has 0 saturated carbocycles. The highest BCUT2D eigenvalue weighted by molar-refractivity contribution is 7.99. The number of nitrogens with zero attached hydrogens (tertiary/aromatic N) is 4. The highest BCUT2D eigenvalue weighted by atomic mass is 32.2. The predicted molar refractivity (Wildman–Crippen MR) is 121 cm³/mol. The third kappa shape index (κ3) is 5.91. The molecule has 8 nitrogen and oxygen atoms in total. The number of aromatic nitrogens is 4. The van der Waals surface area contributed by atoms with Crippen molar-refractivity contribution >= 4 is 29.4 Å². The van der Waals surface area contributed by atoms with Crippen LogP contribution < -0.4 is 10.6 Å². The molecule has 0 aliphatic heterocycles. The van der Waals surface area contributed by atoms with E-state index in [1.807, 2.05) is 49.6 Å². The summed E-state index contributed by atoms with van der Waals surface area (Å²) in [5, 5.41) is 15.1. The Morgan fingerprint density at radius 2 is 1.81 bits per heavy atom. The molecule has 0 radical (unpaired) electrons. The Kier molecular flexibility index (Phi) is 7.77. The van der Waals surface area contributed by atoms with Crippen molar-refractivity contribution in [3.05, 3.63) is 66.1 Å². The molecule has 31 heavy (non-hydrogen) atoms. The second-order valence-electron chi connectivity index (χ2n) is 7.20. The molecular weight excluding hydrogens is 412 g/mol. The van der Waals surface area contributed by atoms with Crippen molar-refractivity contribution in [2.75, 3.05) is 11.1 Å². The molecule has 162 valence electrons. The molecular formula is C22H26N6O2S. The quantitative estimate of drug-likeness (QED) is 0.496. The molecule has 0 unspecified atom stereocenters. The van der Waals surface area contributed by atoms with E-state index in [-0.39, 0.29) is 29.5 Å². The van der Waals surface area contributed by atoms with Gasteiger partial charge in [0.2, 0.25) is 5.91 Å². The van der Waals surface area contributed by atoms with Gasteiger partial charge < -0.3 is 15.2 Å². The maximum atomic E-state index is 12.7. The molecule has 0 spiro atoms. The number of pyridine rings is 1. The van der Waals surface area contributed by atoms with E-state index in [4.69, 9.17) is 0 Å². The third-order valence-corrected chi connectivity index (χ3v) is 5.56. The number of benzene rings is 1. The van der Waals surface area contributed by atoms with E-state index in [1.165, 1.54) is 11.8 Å². The van der Waals surface area contributed by atoms with Gasteiger partial charge in [-0.25, -0.2) is 4.98 Å². The first-order valence-electron chi connectivity index (χ1n) is 10.1. The Labute approximate surface area is 185 Å². The third-order valence-electron chi connectivity index (χ3n) is 4.59. The molecule has 0 bridgehead atoms. The molecule has 2 amide bonds. The van der Waals surface area contributed by atoms with Crippen LogP contribution in [-0.2, 0) is 11.3 Å². The van der Waals surface area contributed by atoms with Crippen LogP contribution >= 0.6 is 11.8 Å². The molecule has 9 heteroatoms. The van der Waals surface area contributed by atoms with Crippen molar-refractivity contribution in [1.29, 1.82) is 0 Å². The summed E-state index contributed by atoms with van der Waals surface area (Å²) < 4.78 is 1.94. The number of carbonyl (C=O) groups excluding carboxylic acids is 2. The highest BCUT2D eigenvalue weighted by Crippen LogP contribution is 2.25. The van der Waals surface area contributed by atoms with Crippen LogP contribution in [0.5, 0.6) is 0 Å². The summed E-state index contributed by atoms with van der Waals surface area (Å²) in [5.74, 6) is 1.14. The monoisotopic (exact) mass is 438 g/mol. The topological polar surface area (TPSA) is 102 Å². The van der Waals surface area contributed by atoms with Gasteiger partial charge in [0, 0.05) is 18.3 Å². The van der Waals surface area contributed by atoms with Crippen molar-refractivity contribution in [2.45, 2.75) is 38.5 Å². The lowest BCUT2D eigenvalue weighted by Gasteiger charge is -2.22. The summed E-state index contributed by atoms with van der Waals surface area (Å²) in [6.45, 7) is 6.66. The molecule has 2 heterocycles. The van der Waals surface area contributed by atoms with Gasteiger partial charge >= 0.3 is 0 Å². The predicted octanol–water partition coefficient (Wildman–Crippen LogP) is 3.55. The van der Waals surface area contributed by atoms with Gasteiger partial charge in [0.15, 0.2) is 11.0 Å². The van der Waals surface area contributed by atoms with Gasteiger partial charge in [-0.15, -0.1) is 10.2 Å². The zero-order valence-corrected chi connectivity index (χ0v) is 18.6. The summed E-state index contributed by atoms with van der Waals surface area (Å²) in [4.78, 5) is 29.0. The first kappa shape index (κ1) is 22.5. The number of carbonyl (C=O) groups is 2. The molecule has 0 aliphatic carbocycles. The number of rotatable bonds is 9. The van der Waals surface area contributed by atoms with E-state index in [1.54, 1.807) is 30.5 Å². The van der Waals surface area contributed by atoms with Gasteiger partial charge in [0.05, 0.1) is 11.8 Å². The lowest BCUT2D eigenvalue weighted by molar-refractivity contribution is -0.113. The van der Waals surface area contributed by atoms with Crippen molar-refractivity contribution in [3.8, 4) is 0 Å². The number of hydrogen-bond donors (Lipinski definition) is 2. The minimum Gasteiger partial charge on any atom is -0.342 e. The Balaban J connectivity index is 1.70. The molecule has 1 aromatic carbocycles. The first-order valence-corrected chi connectivity index (χ1v) is 11.1. The average Bonchev–Trinajstić information content (AvgIpc) is 3.19. The minimum absolute atomic E-state index is 0.104. The molecule has 0 fully saturated rings. The smallest absolute Gasteiger partial charge is 0.251 e. The van der Waals surface area contributed by atoms with E-state index < -0.39 is 0 Å². The Hall–Kier alpha value is -3.20. The van der Waals surface area contributed by atoms with Crippen LogP contribution in [0.3, 0.4) is 0 Å². The number of nitrogens with one attached hydrogen (secondary N) is 2. The van der Waals surface area contributed by atoms with Gasteiger partial charge in [0.1, 0.15) is 5.82 Å². The lowest BCUT2D eigenvalue weighted by atomic mass is 10.0. The van der Waals surface area contributed by atoms with Crippen LogP contribution in [0.4, 0.5) is 5.82 Å². The van der Waals surface area contributed by atoms with E-state index in [0.717, 1.165) is 0 Å². The maximum Gasteiger partial charge on any atom is 0.251 e. The van der Waals surface area contributed by atoms with Gasteiger partial charge in [-0.1, -0.05) is 49.9 Å². The highest BCUT2D eigenvalue weighted by Gasteiger charge is 2.26. The molecule has 2 N–H and O–H groups in total. The molecule has 3 rings (SSSR count). The molecule has 0 aliphatic rings. The van der Waals surface area contributed by atoms with Crippen LogP contribution in [0.2, 0.25) is 0 Å². The largest absolute Gasteiger partial charge is 0.342 e. The van der Waals surface area contributed by atoms with Crippen molar-refractivity contribution in [3.63, 3.8) is 0 Å². The number of thioether (sulfide) groups is 1. The zero-order valence-electron chi connectivity index (χ0n) is 17.8. The summed E-state index contributed by atoms with van der Waals surface area (Å²) in [7, 11) is 0. The van der Waals surface area contributed by atoms with Gasteiger partial charge in [-0.05, 0) is 37.1 Å². The van der Waals surface area contributed by atoms with Crippen LogP contribution in [0.1, 0.15) is 43.0 Å². The van der Waals surface area contributed by atoms with Gasteiger partial charge in [-0.3, -0.25) is 9.59 Å². The Morgan fingerprint density at radius 3 is 2.45 bits per heavy atom. The zero-order chi connectivity index (χ0) is 22.2. The summed E-state index contributed by atoms with van der Waals surface area (Å²) in [5.41, 5.74) is 0.594. The van der Waals surface area contributed by atoms with E-state index >= 15 is 0 Å².